The number of benzene rings is 1. The van der Waals surface area contributed by atoms with E-state index in [9.17, 15) is 18.0 Å². The summed E-state index contributed by atoms with van der Waals surface area (Å²) in [6.07, 6.45) is 5.18. The van der Waals surface area contributed by atoms with Crippen LogP contribution in [0.2, 0.25) is 0 Å². The molecule has 6 nitrogen and oxygen atoms in total. The molecule has 0 unspecified atom stereocenters. The minimum absolute atomic E-state index is 0.142. The van der Waals surface area contributed by atoms with E-state index in [2.05, 4.69) is 15.4 Å². The molecule has 3 aromatic rings. The topological polar surface area (TPSA) is 63.1 Å². The van der Waals surface area contributed by atoms with Gasteiger partial charge in [0.1, 0.15) is 11.6 Å². The summed E-state index contributed by atoms with van der Waals surface area (Å²) in [6.45, 7) is 1.69. The highest BCUT2D eigenvalue weighted by Gasteiger charge is 2.33. The molecular formula is C22H22F3N5O. The Morgan fingerprint density at radius 3 is 2.52 bits per heavy atom. The number of alkyl halides is 2. The van der Waals surface area contributed by atoms with Crippen LogP contribution < -0.4 is 5.32 Å². The lowest BCUT2D eigenvalue weighted by molar-refractivity contribution is -0.0555. The molecule has 0 atom stereocenters. The standard InChI is InChI=1S/C22H22F3N5O/c23-18-3-1-16(2-4-18)19-13-27-30(12-11-29-9-6-22(24,25)7-10-29)21(19)28-20-14-26-8-5-17(20)15-31/h1-5,8,13-15,28H,6-7,9-12H2. The second kappa shape index (κ2) is 8.89. The predicted molar refractivity (Wildman–Crippen MR) is 111 cm³/mol. The van der Waals surface area contributed by atoms with E-state index in [0.717, 1.165) is 17.4 Å². The quantitative estimate of drug-likeness (QED) is 0.565. The van der Waals surface area contributed by atoms with E-state index in [4.69, 9.17) is 0 Å². The van der Waals surface area contributed by atoms with Crippen LogP contribution in [0.4, 0.5) is 24.7 Å². The van der Waals surface area contributed by atoms with Gasteiger partial charge in [-0.25, -0.2) is 17.9 Å². The lowest BCUT2D eigenvalue weighted by Crippen LogP contribution is -2.40. The van der Waals surface area contributed by atoms with Crippen LogP contribution in [0.3, 0.4) is 0 Å². The maximum Gasteiger partial charge on any atom is 0.250 e. The van der Waals surface area contributed by atoms with Gasteiger partial charge in [-0.3, -0.25) is 9.78 Å². The molecule has 4 rings (SSSR count). The van der Waals surface area contributed by atoms with Crippen LogP contribution in [0.25, 0.3) is 11.1 Å². The number of pyridine rings is 1. The van der Waals surface area contributed by atoms with Gasteiger partial charge in [-0.05, 0) is 23.8 Å². The van der Waals surface area contributed by atoms with Crippen LogP contribution in [-0.4, -0.2) is 51.5 Å². The zero-order valence-corrected chi connectivity index (χ0v) is 16.8. The number of anilines is 2. The molecule has 3 heterocycles. The van der Waals surface area contributed by atoms with Crippen molar-refractivity contribution < 1.29 is 18.0 Å². The molecule has 31 heavy (non-hydrogen) atoms. The molecule has 1 aromatic carbocycles. The van der Waals surface area contributed by atoms with Crippen molar-refractivity contribution in [2.45, 2.75) is 25.3 Å². The summed E-state index contributed by atoms with van der Waals surface area (Å²) < 4.78 is 42.0. The van der Waals surface area contributed by atoms with Gasteiger partial charge in [-0.2, -0.15) is 5.10 Å². The second-order valence-corrected chi connectivity index (χ2v) is 7.54. The van der Waals surface area contributed by atoms with Crippen molar-refractivity contribution in [1.29, 1.82) is 0 Å². The Labute approximate surface area is 177 Å². The monoisotopic (exact) mass is 429 g/mol. The highest BCUT2D eigenvalue weighted by Crippen LogP contribution is 2.32. The van der Waals surface area contributed by atoms with Crippen LogP contribution in [0.15, 0.2) is 48.9 Å². The minimum atomic E-state index is -2.59. The lowest BCUT2D eigenvalue weighted by atomic mass is 10.1. The van der Waals surface area contributed by atoms with E-state index in [1.165, 1.54) is 18.3 Å². The van der Waals surface area contributed by atoms with Gasteiger partial charge in [-0.1, -0.05) is 12.1 Å². The lowest BCUT2D eigenvalue weighted by Gasteiger charge is -2.31. The van der Waals surface area contributed by atoms with Crippen LogP contribution in [0.1, 0.15) is 23.2 Å². The van der Waals surface area contributed by atoms with E-state index in [-0.39, 0.29) is 18.7 Å². The third kappa shape index (κ3) is 4.93. The van der Waals surface area contributed by atoms with Gasteiger partial charge in [0.05, 0.1) is 24.6 Å². The third-order valence-corrected chi connectivity index (χ3v) is 5.45. The second-order valence-electron chi connectivity index (χ2n) is 7.54. The van der Waals surface area contributed by atoms with Crippen molar-refractivity contribution in [1.82, 2.24) is 19.7 Å². The number of nitrogens with zero attached hydrogens (tertiary/aromatic N) is 4. The fraction of sp³-hybridized carbons (Fsp3) is 0.318. The Balaban J connectivity index is 1.60. The first-order chi connectivity index (χ1) is 14.9. The van der Waals surface area contributed by atoms with Gasteiger partial charge in [-0.15, -0.1) is 0 Å². The number of likely N-dealkylation sites (tertiary alicyclic amines) is 1. The molecule has 0 bridgehead atoms. The fourth-order valence-corrected chi connectivity index (χ4v) is 3.61. The summed E-state index contributed by atoms with van der Waals surface area (Å²) in [6, 6.07) is 7.63. The van der Waals surface area contributed by atoms with E-state index >= 15 is 0 Å². The third-order valence-electron chi connectivity index (χ3n) is 5.45. The molecule has 9 heteroatoms. The maximum absolute atomic E-state index is 13.4. The average molecular weight is 429 g/mol. The number of carbonyl (C=O) groups is 1. The van der Waals surface area contributed by atoms with Crippen LogP contribution >= 0.6 is 0 Å². The summed E-state index contributed by atoms with van der Waals surface area (Å²) >= 11 is 0. The summed E-state index contributed by atoms with van der Waals surface area (Å²) in [4.78, 5) is 17.5. The fourth-order valence-electron chi connectivity index (χ4n) is 3.61. The number of aldehydes is 1. The molecule has 1 aliphatic rings. The first-order valence-electron chi connectivity index (χ1n) is 10.0. The van der Waals surface area contributed by atoms with E-state index < -0.39 is 5.92 Å². The molecule has 0 aliphatic carbocycles. The average Bonchev–Trinajstić information content (AvgIpc) is 3.16. The van der Waals surface area contributed by atoms with Gasteiger partial charge < -0.3 is 10.2 Å². The molecular weight excluding hydrogens is 407 g/mol. The van der Waals surface area contributed by atoms with Gasteiger partial charge in [0.25, 0.3) is 5.92 Å². The number of piperidine rings is 1. The van der Waals surface area contributed by atoms with Gasteiger partial charge in [0.2, 0.25) is 0 Å². The maximum atomic E-state index is 13.4. The Morgan fingerprint density at radius 2 is 1.81 bits per heavy atom. The number of nitrogens with one attached hydrogen (secondary N) is 1. The van der Waals surface area contributed by atoms with Gasteiger partial charge in [0.15, 0.2) is 6.29 Å². The number of hydrogen-bond acceptors (Lipinski definition) is 5. The summed E-state index contributed by atoms with van der Waals surface area (Å²) in [5, 5.41) is 7.69. The summed E-state index contributed by atoms with van der Waals surface area (Å²) in [7, 11) is 0. The Bertz CT molecular complexity index is 1040. The minimum Gasteiger partial charge on any atom is -0.338 e. The number of carbonyl (C=O) groups excluding carboxylic acids is 1. The predicted octanol–water partition coefficient (Wildman–Crippen LogP) is 4.37. The number of hydrogen-bond donors (Lipinski definition) is 1. The molecule has 1 saturated heterocycles. The number of aromatic nitrogens is 3. The highest BCUT2D eigenvalue weighted by atomic mass is 19.3. The van der Waals surface area contributed by atoms with Crippen molar-refractivity contribution in [3.63, 3.8) is 0 Å². The van der Waals surface area contributed by atoms with Crippen molar-refractivity contribution in [2.24, 2.45) is 0 Å². The van der Waals surface area contributed by atoms with E-state index in [1.807, 2.05) is 4.90 Å². The molecule has 0 amide bonds. The number of halogens is 3. The Morgan fingerprint density at radius 1 is 1.06 bits per heavy atom. The summed E-state index contributed by atoms with van der Waals surface area (Å²) in [5.74, 6) is -2.32. The van der Waals surface area contributed by atoms with Gasteiger partial charge >= 0.3 is 0 Å². The van der Waals surface area contributed by atoms with Gasteiger partial charge in [0, 0.05) is 49.8 Å². The molecule has 0 radical (unpaired) electrons. The largest absolute Gasteiger partial charge is 0.338 e. The van der Waals surface area contributed by atoms with Crippen molar-refractivity contribution in [3.8, 4) is 11.1 Å². The smallest absolute Gasteiger partial charge is 0.250 e. The molecule has 2 aromatic heterocycles. The molecule has 1 fully saturated rings. The van der Waals surface area contributed by atoms with Crippen molar-refractivity contribution in [3.05, 3.63) is 60.3 Å². The Hall–Kier alpha value is -3.20. The van der Waals surface area contributed by atoms with Crippen molar-refractivity contribution >= 4 is 17.8 Å². The van der Waals surface area contributed by atoms with Crippen molar-refractivity contribution in [2.75, 3.05) is 25.0 Å². The molecule has 1 N–H and O–H groups in total. The normalized spacial score (nSPS) is 16.2. The van der Waals surface area contributed by atoms with Crippen LogP contribution in [0, 0.1) is 5.82 Å². The molecule has 1 aliphatic heterocycles. The van der Waals surface area contributed by atoms with E-state index in [0.29, 0.717) is 43.2 Å². The SMILES string of the molecule is O=Cc1ccncc1Nc1c(-c2ccc(F)cc2)cnn1CCN1CCC(F)(F)CC1. The van der Waals surface area contributed by atoms with Crippen LogP contribution in [0.5, 0.6) is 0 Å². The molecule has 162 valence electrons. The van der Waals surface area contributed by atoms with Crippen LogP contribution in [-0.2, 0) is 6.54 Å². The highest BCUT2D eigenvalue weighted by molar-refractivity contribution is 5.87. The Kier molecular flexibility index (Phi) is 6.03. The zero-order valence-electron chi connectivity index (χ0n) is 16.8. The zero-order chi connectivity index (χ0) is 21.8. The summed E-state index contributed by atoms with van der Waals surface area (Å²) in [5.41, 5.74) is 2.43. The first kappa shape index (κ1) is 21.0. The van der Waals surface area contributed by atoms with E-state index in [1.54, 1.807) is 35.3 Å². The molecule has 0 saturated carbocycles. The number of rotatable bonds is 7. The first-order valence-corrected chi connectivity index (χ1v) is 10.0. The molecule has 0 spiro atoms.